The van der Waals surface area contributed by atoms with Crippen molar-refractivity contribution in [1.82, 2.24) is 0 Å². The van der Waals surface area contributed by atoms with Crippen LogP contribution in [0.1, 0.15) is 0 Å². The Bertz CT molecular complexity index is 1590. The number of sulfonamides is 2. The predicted octanol–water partition coefficient (Wildman–Crippen LogP) is 5.11. The summed E-state index contributed by atoms with van der Waals surface area (Å²) in [5, 5.41) is 0.902. The summed E-state index contributed by atoms with van der Waals surface area (Å²) in [5.74, 6) is 1.03. The highest BCUT2D eigenvalue weighted by atomic mass is 35.5. The van der Waals surface area contributed by atoms with Crippen LogP contribution in [0.15, 0.2) is 88.7 Å². The van der Waals surface area contributed by atoms with Crippen molar-refractivity contribution in [2.45, 2.75) is 9.79 Å². The lowest BCUT2D eigenvalue weighted by molar-refractivity contribution is 0.414. The summed E-state index contributed by atoms with van der Waals surface area (Å²) >= 11 is 6.47. The van der Waals surface area contributed by atoms with Gasteiger partial charge in [0.15, 0.2) is 0 Å². The number of methoxy groups -OCH3 is 2. The average Bonchev–Trinajstić information content (AvgIpc) is 2.86. The van der Waals surface area contributed by atoms with Gasteiger partial charge in [-0.1, -0.05) is 35.9 Å². The van der Waals surface area contributed by atoms with Crippen LogP contribution in [0.5, 0.6) is 11.5 Å². The maximum Gasteiger partial charge on any atom is 0.261 e. The number of ether oxygens (including phenoxy) is 2. The molecule has 0 amide bonds. The average molecular weight is 533 g/mol. The molecule has 0 spiro atoms. The molecule has 0 bridgehead atoms. The Kier molecular flexibility index (Phi) is 6.79. The minimum atomic E-state index is -3.99. The number of nitrogens with one attached hydrogen (secondary N) is 2. The van der Waals surface area contributed by atoms with Crippen LogP contribution in [0.2, 0.25) is 5.02 Å². The first-order chi connectivity index (χ1) is 16.6. The summed E-state index contributed by atoms with van der Waals surface area (Å²) in [7, 11) is -4.98. The Morgan fingerprint density at radius 3 is 1.60 bits per heavy atom. The SMILES string of the molecule is COc1ccc(S(=O)(=O)Nc2cc(Cl)c(NS(=O)(=O)c3ccc(OC)cc3)c3ccccc23)cc1. The van der Waals surface area contributed by atoms with E-state index in [2.05, 4.69) is 9.44 Å². The molecule has 35 heavy (non-hydrogen) atoms. The first kappa shape index (κ1) is 24.6. The number of halogens is 1. The summed E-state index contributed by atoms with van der Waals surface area (Å²) < 4.78 is 67.2. The molecule has 0 radical (unpaired) electrons. The molecule has 0 fully saturated rings. The van der Waals surface area contributed by atoms with Gasteiger partial charge < -0.3 is 9.47 Å². The second kappa shape index (κ2) is 9.65. The Morgan fingerprint density at radius 1 is 0.657 bits per heavy atom. The van der Waals surface area contributed by atoms with Gasteiger partial charge in [0, 0.05) is 10.8 Å². The van der Waals surface area contributed by atoms with Gasteiger partial charge in [0.05, 0.1) is 40.4 Å². The highest BCUT2D eigenvalue weighted by Gasteiger charge is 2.22. The molecular weight excluding hydrogens is 512 g/mol. The topological polar surface area (TPSA) is 111 Å². The Morgan fingerprint density at radius 2 is 1.11 bits per heavy atom. The monoisotopic (exact) mass is 532 g/mol. The van der Waals surface area contributed by atoms with Crippen molar-refractivity contribution in [2.24, 2.45) is 0 Å². The number of hydrogen-bond acceptors (Lipinski definition) is 6. The summed E-state index contributed by atoms with van der Waals surface area (Å²) in [4.78, 5) is 0.0468. The van der Waals surface area contributed by atoms with Gasteiger partial charge in [-0.15, -0.1) is 0 Å². The van der Waals surface area contributed by atoms with Crippen LogP contribution in [0.4, 0.5) is 11.4 Å². The van der Waals surface area contributed by atoms with Gasteiger partial charge in [-0.25, -0.2) is 16.8 Å². The summed E-state index contributed by atoms with van der Waals surface area (Å²) in [6.45, 7) is 0. The summed E-state index contributed by atoms with van der Waals surface area (Å²) in [5.41, 5.74) is 0.333. The normalized spacial score (nSPS) is 11.7. The minimum absolute atomic E-state index is 0.0164. The fraction of sp³-hybridized carbons (Fsp3) is 0.0833. The maximum atomic E-state index is 13.0. The Balaban J connectivity index is 1.74. The van der Waals surface area contributed by atoms with Crippen LogP contribution in [-0.2, 0) is 20.0 Å². The fourth-order valence-corrected chi connectivity index (χ4v) is 5.92. The standard InChI is InChI=1S/C24H21ClN2O6S2/c1-32-16-7-11-18(12-8-16)34(28,29)26-23-15-22(25)24(21-6-4-3-5-20(21)23)27-35(30,31)19-13-9-17(33-2)10-14-19/h3-15,26-27H,1-2H3. The molecule has 4 aromatic carbocycles. The van der Waals surface area contributed by atoms with Crippen LogP contribution in [-0.4, -0.2) is 31.1 Å². The second-order valence-corrected chi connectivity index (χ2v) is 11.2. The molecule has 11 heteroatoms. The highest BCUT2D eigenvalue weighted by molar-refractivity contribution is 7.93. The van der Waals surface area contributed by atoms with Crippen molar-refractivity contribution < 1.29 is 26.3 Å². The first-order valence-corrected chi connectivity index (χ1v) is 13.5. The van der Waals surface area contributed by atoms with Crippen molar-refractivity contribution in [1.29, 1.82) is 0 Å². The molecule has 182 valence electrons. The molecule has 4 aromatic rings. The van der Waals surface area contributed by atoms with E-state index in [-0.39, 0.29) is 26.2 Å². The summed E-state index contributed by atoms with van der Waals surface area (Å²) in [6, 6.07) is 19.9. The number of rotatable bonds is 8. The van der Waals surface area contributed by atoms with Gasteiger partial charge >= 0.3 is 0 Å². The van der Waals surface area contributed by atoms with Crippen molar-refractivity contribution in [3.05, 3.63) is 83.9 Å². The second-order valence-electron chi connectivity index (χ2n) is 7.39. The molecule has 2 N–H and O–H groups in total. The van der Waals surface area contributed by atoms with Gasteiger partial charge in [0.1, 0.15) is 11.5 Å². The van der Waals surface area contributed by atoms with Gasteiger partial charge in [-0.3, -0.25) is 9.44 Å². The Hall–Kier alpha value is -3.47. The van der Waals surface area contributed by atoms with Gasteiger partial charge in [-0.2, -0.15) is 0 Å². The third kappa shape index (κ3) is 5.14. The van der Waals surface area contributed by atoms with E-state index >= 15 is 0 Å². The largest absolute Gasteiger partial charge is 0.497 e. The zero-order chi connectivity index (χ0) is 25.2. The molecule has 0 heterocycles. The van der Waals surface area contributed by atoms with E-state index < -0.39 is 20.0 Å². The van der Waals surface area contributed by atoms with E-state index in [1.807, 2.05) is 0 Å². The lowest BCUT2D eigenvalue weighted by Crippen LogP contribution is -2.15. The lowest BCUT2D eigenvalue weighted by atomic mass is 10.1. The van der Waals surface area contributed by atoms with E-state index in [4.69, 9.17) is 21.1 Å². The summed E-state index contributed by atoms with van der Waals surface area (Å²) in [6.07, 6.45) is 0. The van der Waals surface area contributed by atoms with Gasteiger partial charge in [-0.05, 0) is 54.6 Å². The van der Waals surface area contributed by atoms with Crippen LogP contribution in [0, 0.1) is 0 Å². The molecule has 0 aromatic heterocycles. The number of benzene rings is 4. The molecule has 8 nitrogen and oxygen atoms in total. The molecule has 0 aliphatic carbocycles. The van der Waals surface area contributed by atoms with E-state index in [1.54, 1.807) is 24.3 Å². The van der Waals surface area contributed by atoms with E-state index in [9.17, 15) is 16.8 Å². The van der Waals surface area contributed by atoms with E-state index in [0.717, 1.165) is 0 Å². The molecule has 4 rings (SSSR count). The number of anilines is 2. The molecule has 0 unspecified atom stereocenters. The lowest BCUT2D eigenvalue weighted by Gasteiger charge is -2.17. The fourth-order valence-electron chi connectivity index (χ4n) is 3.44. The smallest absolute Gasteiger partial charge is 0.261 e. The predicted molar refractivity (Wildman–Crippen MR) is 137 cm³/mol. The molecule has 0 aliphatic rings. The number of fused-ring (bicyclic) bond motifs is 1. The minimum Gasteiger partial charge on any atom is -0.497 e. The Labute approximate surface area is 208 Å². The molecular formula is C24H21ClN2O6S2. The third-order valence-corrected chi connectivity index (χ3v) is 8.26. The van der Waals surface area contributed by atoms with E-state index in [1.165, 1.54) is 68.8 Å². The molecule has 0 saturated carbocycles. The van der Waals surface area contributed by atoms with Crippen molar-refractivity contribution in [3.63, 3.8) is 0 Å². The molecule has 0 saturated heterocycles. The van der Waals surface area contributed by atoms with Crippen LogP contribution < -0.4 is 18.9 Å². The van der Waals surface area contributed by atoms with Crippen LogP contribution in [0.3, 0.4) is 0 Å². The molecule has 0 atom stereocenters. The zero-order valence-corrected chi connectivity index (χ0v) is 21.0. The van der Waals surface area contributed by atoms with Crippen LogP contribution >= 0.6 is 11.6 Å². The third-order valence-electron chi connectivity index (χ3n) is 5.22. The highest BCUT2D eigenvalue weighted by Crippen LogP contribution is 2.38. The zero-order valence-electron chi connectivity index (χ0n) is 18.6. The quantitative estimate of drug-likeness (QED) is 0.326. The van der Waals surface area contributed by atoms with Gasteiger partial charge in [0.2, 0.25) is 0 Å². The van der Waals surface area contributed by atoms with Crippen molar-refractivity contribution in [2.75, 3.05) is 23.7 Å². The number of hydrogen-bond donors (Lipinski definition) is 2. The molecule has 0 aliphatic heterocycles. The van der Waals surface area contributed by atoms with Crippen LogP contribution in [0.25, 0.3) is 10.8 Å². The van der Waals surface area contributed by atoms with Gasteiger partial charge in [0.25, 0.3) is 20.0 Å². The van der Waals surface area contributed by atoms with Crippen molar-refractivity contribution >= 4 is 53.8 Å². The maximum absolute atomic E-state index is 13.0. The van der Waals surface area contributed by atoms with Crippen molar-refractivity contribution in [3.8, 4) is 11.5 Å². The first-order valence-electron chi connectivity index (χ1n) is 10.2. The van der Waals surface area contributed by atoms with E-state index in [0.29, 0.717) is 22.3 Å².